The maximum absolute atomic E-state index is 6.66. The number of aryl methyl sites for hydroxylation is 1. The highest BCUT2D eigenvalue weighted by molar-refractivity contribution is 6.89. The van der Waals surface area contributed by atoms with E-state index in [-0.39, 0.29) is 6.04 Å². The normalized spacial score (nSPS) is 17.5. The minimum absolute atomic E-state index is 0.151. The fourth-order valence-electron chi connectivity index (χ4n) is 8.70. The first-order valence-corrected chi connectivity index (χ1v) is 21.7. The van der Waals surface area contributed by atoms with Crippen LogP contribution in [0.2, 0.25) is 19.6 Å². The van der Waals surface area contributed by atoms with E-state index in [1.165, 1.54) is 50.3 Å². The predicted molar refractivity (Wildman–Crippen MR) is 204 cm³/mol. The summed E-state index contributed by atoms with van der Waals surface area (Å²) >= 11 is 0. The highest BCUT2D eigenvalue weighted by Crippen LogP contribution is 2.46. The maximum Gasteiger partial charge on any atom is 0.227 e. The Hall–Kier alpha value is -4.35. The van der Waals surface area contributed by atoms with Gasteiger partial charge in [-0.25, -0.2) is 4.98 Å². The van der Waals surface area contributed by atoms with Gasteiger partial charge < -0.3 is 4.42 Å². The van der Waals surface area contributed by atoms with Crippen LogP contribution in [0.1, 0.15) is 74.2 Å². The molecule has 6 heterocycles. The lowest BCUT2D eigenvalue weighted by molar-refractivity contribution is -0.722. The molecular formula is C44H49N3OSi+2. The van der Waals surface area contributed by atoms with Crippen LogP contribution in [-0.4, -0.2) is 13.1 Å². The van der Waals surface area contributed by atoms with Crippen LogP contribution in [0.5, 0.6) is 0 Å². The number of nitrogens with zero attached hydrogens (tertiary/aromatic N) is 3. The molecule has 0 saturated heterocycles. The molecule has 2 unspecified atom stereocenters. The largest absolute Gasteiger partial charge is 0.437 e. The number of benzene rings is 2. The zero-order valence-corrected chi connectivity index (χ0v) is 31.2. The Balaban J connectivity index is 1.38. The van der Waals surface area contributed by atoms with Crippen molar-refractivity contribution in [3.05, 3.63) is 120 Å². The molecule has 0 aliphatic carbocycles. The van der Waals surface area contributed by atoms with E-state index in [1.807, 2.05) is 12.3 Å². The van der Waals surface area contributed by atoms with Gasteiger partial charge in [-0.2, -0.15) is 9.13 Å². The SMILES string of the molecule is C=C1C[n+]2ccc(CC(C)C)cc2-c2c(ccc3c2oc2ncccc23)CCC2c3ccccc3-c3cc(C(C)C)c([Si](C)(C)C)c[n+]3C12. The quantitative estimate of drug-likeness (QED) is 0.107. The third-order valence-electron chi connectivity index (χ3n) is 10.9. The first kappa shape index (κ1) is 31.9. The average Bonchev–Trinajstić information content (AvgIpc) is 3.44. The monoisotopic (exact) mass is 663 g/mol. The van der Waals surface area contributed by atoms with E-state index in [4.69, 9.17) is 11.0 Å². The van der Waals surface area contributed by atoms with Crippen LogP contribution in [0.15, 0.2) is 102 Å². The second-order valence-electron chi connectivity index (χ2n) is 16.3. The molecule has 0 radical (unpaired) electrons. The summed E-state index contributed by atoms with van der Waals surface area (Å²) in [6, 6.07) is 25.3. The summed E-state index contributed by atoms with van der Waals surface area (Å²) in [6.45, 7) is 22.5. The molecule has 248 valence electrons. The summed E-state index contributed by atoms with van der Waals surface area (Å²) in [7, 11) is -1.65. The first-order valence-electron chi connectivity index (χ1n) is 18.2. The molecule has 0 N–H and O–H groups in total. The average molecular weight is 664 g/mol. The maximum atomic E-state index is 6.66. The zero-order valence-electron chi connectivity index (χ0n) is 30.2. The summed E-state index contributed by atoms with van der Waals surface area (Å²) in [6.07, 6.45) is 9.67. The number of pyridine rings is 3. The molecule has 4 aromatic heterocycles. The number of fused-ring (bicyclic) bond motifs is 13. The lowest BCUT2D eigenvalue weighted by Crippen LogP contribution is -2.55. The summed E-state index contributed by atoms with van der Waals surface area (Å²) in [5, 5.41) is 3.76. The van der Waals surface area contributed by atoms with Gasteiger partial charge in [-0.1, -0.05) is 84.2 Å². The Morgan fingerprint density at radius 2 is 1.76 bits per heavy atom. The molecule has 2 atom stereocenters. The lowest BCUT2D eigenvalue weighted by Gasteiger charge is -2.34. The van der Waals surface area contributed by atoms with Crippen LogP contribution in [0.25, 0.3) is 44.6 Å². The third kappa shape index (κ3) is 5.38. The van der Waals surface area contributed by atoms with Crippen molar-refractivity contribution in [1.82, 2.24) is 4.98 Å². The number of furan rings is 1. The molecule has 6 aromatic rings. The summed E-state index contributed by atoms with van der Waals surface area (Å²) in [5.74, 6) is 1.33. The minimum Gasteiger partial charge on any atom is -0.437 e. The second kappa shape index (κ2) is 11.9. The van der Waals surface area contributed by atoms with Crippen molar-refractivity contribution >= 4 is 35.3 Å². The first-order chi connectivity index (χ1) is 23.5. The van der Waals surface area contributed by atoms with Gasteiger partial charge in [0.25, 0.3) is 0 Å². The molecule has 49 heavy (non-hydrogen) atoms. The van der Waals surface area contributed by atoms with Crippen LogP contribution in [0.4, 0.5) is 0 Å². The number of aromatic nitrogens is 3. The smallest absolute Gasteiger partial charge is 0.227 e. The molecule has 0 amide bonds. The van der Waals surface area contributed by atoms with Crippen molar-refractivity contribution < 1.29 is 13.6 Å². The highest BCUT2D eigenvalue weighted by atomic mass is 28.3. The van der Waals surface area contributed by atoms with Crippen LogP contribution < -0.4 is 14.3 Å². The van der Waals surface area contributed by atoms with Gasteiger partial charge in [0.2, 0.25) is 17.1 Å². The Morgan fingerprint density at radius 1 is 0.939 bits per heavy atom. The number of hydrogen-bond donors (Lipinski definition) is 0. The molecule has 2 aliphatic rings. The van der Waals surface area contributed by atoms with Gasteiger partial charge in [0.1, 0.15) is 0 Å². The van der Waals surface area contributed by atoms with E-state index in [0.29, 0.717) is 23.5 Å². The topological polar surface area (TPSA) is 33.8 Å². The Bertz CT molecular complexity index is 2270. The Morgan fingerprint density at radius 3 is 2.53 bits per heavy atom. The van der Waals surface area contributed by atoms with E-state index < -0.39 is 8.07 Å². The van der Waals surface area contributed by atoms with Crippen molar-refractivity contribution in [2.75, 3.05) is 0 Å². The van der Waals surface area contributed by atoms with Gasteiger partial charge in [-0.15, -0.1) is 0 Å². The van der Waals surface area contributed by atoms with Crippen molar-refractivity contribution in [3.63, 3.8) is 0 Å². The molecular weight excluding hydrogens is 615 g/mol. The van der Waals surface area contributed by atoms with E-state index in [2.05, 4.69) is 135 Å². The fraction of sp³-hybridized carbons (Fsp3) is 0.341. The van der Waals surface area contributed by atoms with Crippen LogP contribution >= 0.6 is 0 Å². The molecule has 5 heteroatoms. The van der Waals surface area contributed by atoms with E-state index in [0.717, 1.165) is 42.2 Å². The van der Waals surface area contributed by atoms with Gasteiger partial charge >= 0.3 is 0 Å². The van der Waals surface area contributed by atoms with Gasteiger partial charge in [-0.3, -0.25) is 0 Å². The van der Waals surface area contributed by atoms with Gasteiger partial charge in [0, 0.05) is 45.9 Å². The van der Waals surface area contributed by atoms with Crippen molar-refractivity contribution in [2.45, 2.75) is 91.0 Å². The van der Waals surface area contributed by atoms with Gasteiger partial charge in [-0.05, 0) is 71.6 Å². The number of rotatable bonds is 4. The van der Waals surface area contributed by atoms with Crippen molar-refractivity contribution in [3.8, 4) is 22.5 Å². The number of allylic oxidation sites excluding steroid dienone is 1. The van der Waals surface area contributed by atoms with Crippen LogP contribution in [-0.2, 0) is 19.4 Å². The molecule has 0 saturated carbocycles. The Labute approximate surface area is 292 Å². The molecule has 2 aromatic carbocycles. The molecule has 0 bridgehead atoms. The molecule has 8 rings (SSSR count). The molecule has 0 spiro atoms. The minimum atomic E-state index is -1.65. The zero-order chi connectivity index (χ0) is 34.2. The van der Waals surface area contributed by atoms with E-state index >= 15 is 0 Å². The summed E-state index contributed by atoms with van der Waals surface area (Å²) < 4.78 is 11.7. The van der Waals surface area contributed by atoms with Crippen molar-refractivity contribution in [2.24, 2.45) is 5.92 Å². The van der Waals surface area contributed by atoms with E-state index in [1.54, 1.807) is 5.19 Å². The molecule has 4 nitrogen and oxygen atoms in total. The van der Waals surface area contributed by atoms with Crippen LogP contribution in [0, 0.1) is 5.92 Å². The number of hydrogen-bond acceptors (Lipinski definition) is 2. The highest BCUT2D eigenvalue weighted by Gasteiger charge is 2.45. The lowest BCUT2D eigenvalue weighted by atomic mass is 9.76. The van der Waals surface area contributed by atoms with Crippen LogP contribution in [0.3, 0.4) is 0 Å². The predicted octanol–water partition coefficient (Wildman–Crippen LogP) is 9.60. The standard InChI is InChI=1S/C44H49N3OSi/c1-27(2)22-30-19-21-46-25-29(5)42-34(17-15-31-16-18-35-36-14-11-20-45-44(36)48-43(35)41(31)39(46)23-30)32-12-9-10-13-33(32)38-24-37(28(3)4)40(26-47(38)42)49(6,7)8/h9-14,16,18-21,23-24,26-28,34,42H,5,15,17,22,25H2,1-4,6-8H3/q+2. The van der Waals surface area contributed by atoms with Gasteiger partial charge in [0.15, 0.2) is 30.6 Å². The van der Waals surface area contributed by atoms with Gasteiger partial charge in [0.05, 0.1) is 25.1 Å². The second-order valence-corrected chi connectivity index (χ2v) is 21.3. The Kier molecular flexibility index (Phi) is 7.75. The summed E-state index contributed by atoms with van der Waals surface area (Å²) in [4.78, 5) is 4.62. The van der Waals surface area contributed by atoms with E-state index in [9.17, 15) is 0 Å². The third-order valence-corrected chi connectivity index (χ3v) is 13.0. The fourth-order valence-corrected chi connectivity index (χ4v) is 10.5. The van der Waals surface area contributed by atoms with Crippen molar-refractivity contribution in [1.29, 1.82) is 0 Å². The summed E-state index contributed by atoms with van der Waals surface area (Å²) in [5.41, 5.74) is 13.6. The molecule has 2 aliphatic heterocycles. The molecule has 0 fully saturated rings.